The molecule has 1 aliphatic rings. The zero-order chi connectivity index (χ0) is 48.8. The lowest BCUT2D eigenvalue weighted by atomic mass is 9.99. The van der Waals surface area contributed by atoms with E-state index in [1.54, 1.807) is 6.08 Å². The highest BCUT2D eigenvalue weighted by molar-refractivity contribution is 5.76. The van der Waals surface area contributed by atoms with Crippen molar-refractivity contribution < 1.29 is 49.3 Å². The minimum atomic E-state index is -1.58. The molecule has 0 radical (unpaired) electrons. The van der Waals surface area contributed by atoms with E-state index in [0.29, 0.717) is 19.4 Å². The Labute approximate surface area is 409 Å². The summed E-state index contributed by atoms with van der Waals surface area (Å²) >= 11 is 0. The van der Waals surface area contributed by atoms with Crippen LogP contribution in [-0.4, -0.2) is 100 Å². The Morgan fingerprint density at radius 2 is 0.970 bits per heavy atom. The van der Waals surface area contributed by atoms with Gasteiger partial charge in [0.05, 0.1) is 32.0 Å². The molecule has 1 rings (SSSR count). The third kappa shape index (κ3) is 36.5. The summed E-state index contributed by atoms with van der Waals surface area (Å²) in [5.74, 6) is -0.221. The Morgan fingerprint density at radius 3 is 1.46 bits per heavy atom. The predicted octanol–water partition coefficient (Wildman–Crippen LogP) is 11.9. The van der Waals surface area contributed by atoms with Gasteiger partial charge in [-0.3, -0.25) is 9.59 Å². The van der Waals surface area contributed by atoms with Crippen LogP contribution in [0, 0.1) is 0 Å². The molecule has 0 aromatic heterocycles. The number of amides is 1. The Bertz CT molecular complexity index is 1210. The van der Waals surface area contributed by atoms with Gasteiger partial charge in [-0.15, -0.1) is 0 Å². The molecule has 67 heavy (non-hydrogen) atoms. The molecule has 7 unspecified atom stereocenters. The average molecular weight is 950 g/mol. The molecule has 0 aliphatic carbocycles. The monoisotopic (exact) mass is 950 g/mol. The van der Waals surface area contributed by atoms with Crippen LogP contribution in [-0.2, 0) is 23.8 Å². The van der Waals surface area contributed by atoms with E-state index in [1.807, 2.05) is 6.08 Å². The van der Waals surface area contributed by atoms with E-state index in [2.05, 4.69) is 43.5 Å². The first-order chi connectivity index (χ1) is 32.7. The first kappa shape index (κ1) is 62.9. The summed E-state index contributed by atoms with van der Waals surface area (Å²) in [5, 5.41) is 54.2. The van der Waals surface area contributed by atoms with Gasteiger partial charge >= 0.3 is 5.97 Å². The van der Waals surface area contributed by atoms with Crippen LogP contribution in [0.2, 0.25) is 0 Å². The molecular formula is C56H103NO10. The first-order valence-corrected chi connectivity index (χ1v) is 27.8. The topological polar surface area (TPSA) is 175 Å². The van der Waals surface area contributed by atoms with Crippen molar-refractivity contribution in [2.45, 2.75) is 288 Å². The minimum absolute atomic E-state index is 0.0169. The van der Waals surface area contributed by atoms with Gasteiger partial charge in [-0.05, 0) is 51.4 Å². The number of rotatable bonds is 47. The van der Waals surface area contributed by atoms with E-state index in [0.717, 1.165) is 83.5 Å². The summed E-state index contributed by atoms with van der Waals surface area (Å²) in [6.07, 6.45) is 45.1. The number of ether oxygens (including phenoxy) is 3. The molecule has 11 heteroatoms. The van der Waals surface area contributed by atoms with Crippen molar-refractivity contribution in [1.82, 2.24) is 5.32 Å². The van der Waals surface area contributed by atoms with Crippen LogP contribution in [0.25, 0.3) is 0 Å². The van der Waals surface area contributed by atoms with E-state index in [9.17, 15) is 35.1 Å². The van der Waals surface area contributed by atoms with Gasteiger partial charge in [0.15, 0.2) is 6.29 Å². The molecule has 1 heterocycles. The Hall–Kier alpha value is -2.12. The summed E-state index contributed by atoms with van der Waals surface area (Å²) in [7, 11) is 0. The number of aliphatic hydroxyl groups excluding tert-OH is 5. The van der Waals surface area contributed by atoms with Crippen LogP contribution in [0.1, 0.15) is 245 Å². The lowest BCUT2D eigenvalue weighted by Crippen LogP contribution is -2.60. The van der Waals surface area contributed by atoms with Gasteiger partial charge in [-0.1, -0.05) is 217 Å². The van der Waals surface area contributed by atoms with Gasteiger partial charge < -0.3 is 45.1 Å². The number of hydrogen-bond acceptors (Lipinski definition) is 10. The second kappa shape index (κ2) is 46.3. The standard InChI is InChI=1S/C56H103NO10/c1-3-5-7-9-11-13-15-23-26-30-34-38-42-49(59)48(47-66-56-55(64)54(63)53(62)50(46-58)67-56)57-51(60)43-39-35-31-27-24-20-18-16-17-19-21-25-29-33-37-41-45-65-52(61)44-40-36-32-28-22-14-12-10-8-6-4-2/h9,11,23,26,38,42,48-50,53-56,58-59,62-64H,3-8,10,12-22,24-25,27-37,39-41,43-47H2,1-2H3,(H,57,60)/b11-9+,26-23+,42-38+. The zero-order valence-corrected chi connectivity index (χ0v) is 42.9. The molecule has 0 aromatic carbocycles. The highest BCUT2D eigenvalue weighted by Crippen LogP contribution is 2.23. The molecule has 0 bridgehead atoms. The van der Waals surface area contributed by atoms with Crippen LogP contribution in [0.5, 0.6) is 0 Å². The summed E-state index contributed by atoms with van der Waals surface area (Å²) in [6, 6.07) is -0.839. The summed E-state index contributed by atoms with van der Waals surface area (Å²) in [5.41, 5.74) is 0. The van der Waals surface area contributed by atoms with Gasteiger partial charge in [-0.2, -0.15) is 0 Å². The van der Waals surface area contributed by atoms with E-state index in [-0.39, 0.29) is 18.5 Å². The SMILES string of the molecule is CCCC/C=C/CC/C=C/CC/C=C/C(O)C(COC1OC(CO)C(O)C(O)C1O)NC(=O)CCCCCCCCCCCCCCCCCCOC(=O)CCCCCCCCCCCCC. The summed E-state index contributed by atoms with van der Waals surface area (Å²) < 4.78 is 16.7. The third-order valence-electron chi connectivity index (χ3n) is 13.0. The quantitative estimate of drug-likeness (QED) is 0.0196. The number of hydrogen-bond donors (Lipinski definition) is 6. The van der Waals surface area contributed by atoms with Crippen LogP contribution < -0.4 is 5.32 Å². The van der Waals surface area contributed by atoms with Gasteiger partial charge in [-0.25, -0.2) is 0 Å². The minimum Gasteiger partial charge on any atom is -0.466 e. The molecular weight excluding hydrogens is 847 g/mol. The van der Waals surface area contributed by atoms with E-state index < -0.39 is 49.5 Å². The molecule has 1 aliphatic heterocycles. The van der Waals surface area contributed by atoms with E-state index >= 15 is 0 Å². The fraction of sp³-hybridized carbons (Fsp3) is 0.857. The van der Waals surface area contributed by atoms with Crippen LogP contribution >= 0.6 is 0 Å². The van der Waals surface area contributed by atoms with Crippen LogP contribution in [0.15, 0.2) is 36.5 Å². The fourth-order valence-corrected chi connectivity index (χ4v) is 8.51. The maximum atomic E-state index is 13.0. The van der Waals surface area contributed by atoms with Crippen LogP contribution in [0.3, 0.4) is 0 Å². The average Bonchev–Trinajstić information content (AvgIpc) is 3.32. The van der Waals surface area contributed by atoms with Gasteiger partial charge in [0, 0.05) is 12.8 Å². The maximum absolute atomic E-state index is 13.0. The van der Waals surface area contributed by atoms with Crippen molar-refractivity contribution in [1.29, 1.82) is 0 Å². The molecule has 0 saturated carbocycles. The smallest absolute Gasteiger partial charge is 0.305 e. The summed E-state index contributed by atoms with van der Waals surface area (Å²) in [6.45, 7) is 4.24. The highest BCUT2D eigenvalue weighted by Gasteiger charge is 2.44. The predicted molar refractivity (Wildman–Crippen MR) is 274 cm³/mol. The number of nitrogens with one attached hydrogen (secondary N) is 1. The molecule has 1 saturated heterocycles. The van der Waals surface area contributed by atoms with E-state index in [4.69, 9.17) is 14.2 Å². The third-order valence-corrected chi connectivity index (χ3v) is 13.0. The van der Waals surface area contributed by atoms with Gasteiger partial charge in [0.2, 0.25) is 5.91 Å². The number of esters is 1. The number of carbonyl (C=O) groups is 2. The molecule has 1 amide bonds. The Kier molecular flexibility index (Phi) is 43.4. The molecule has 0 aromatic rings. The van der Waals surface area contributed by atoms with Crippen molar-refractivity contribution >= 4 is 11.9 Å². The van der Waals surface area contributed by atoms with Crippen molar-refractivity contribution in [2.75, 3.05) is 19.8 Å². The van der Waals surface area contributed by atoms with Gasteiger partial charge in [0.25, 0.3) is 0 Å². The van der Waals surface area contributed by atoms with Crippen molar-refractivity contribution in [3.8, 4) is 0 Å². The fourth-order valence-electron chi connectivity index (χ4n) is 8.51. The maximum Gasteiger partial charge on any atom is 0.305 e. The second-order valence-corrected chi connectivity index (χ2v) is 19.3. The first-order valence-electron chi connectivity index (χ1n) is 27.8. The van der Waals surface area contributed by atoms with Crippen molar-refractivity contribution in [3.63, 3.8) is 0 Å². The van der Waals surface area contributed by atoms with Gasteiger partial charge in [0.1, 0.15) is 24.4 Å². The van der Waals surface area contributed by atoms with Crippen LogP contribution in [0.4, 0.5) is 0 Å². The lowest BCUT2D eigenvalue weighted by Gasteiger charge is -2.40. The number of unbranched alkanes of at least 4 members (excludes halogenated alkanes) is 29. The zero-order valence-electron chi connectivity index (χ0n) is 42.9. The second-order valence-electron chi connectivity index (χ2n) is 19.3. The molecule has 0 spiro atoms. The lowest BCUT2D eigenvalue weighted by molar-refractivity contribution is -0.302. The Morgan fingerprint density at radius 1 is 0.537 bits per heavy atom. The van der Waals surface area contributed by atoms with Crippen molar-refractivity contribution in [2.24, 2.45) is 0 Å². The van der Waals surface area contributed by atoms with Crippen molar-refractivity contribution in [3.05, 3.63) is 36.5 Å². The normalized spacial score (nSPS) is 19.8. The number of aliphatic hydroxyl groups is 5. The molecule has 11 nitrogen and oxygen atoms in total. The molecule has 392 valence electrons. The highest BCUT2D eigenvalue weighted by atomic mass is 16.7. The summed E-state index contributed by atoms with van der Waals surface area (Å²) in [4.78, 5) is 25.0. The number of allylic oxidation sites excluding steroid dienone is 5. The molecule has 1 fully saturated rings. The van der Waals surface area contributed by atoms with E-state index in [1.165, 1.54) is 135 Å². The molecule has 6 N–H and O–H groups in total. The molecule has 7 atom stereocenters. The largest absolute Gasteiger partial charge is 0.466 e. The number of carbonyl (C=O) groups excluding carboxylic acids is 2. The Balaban J connectivity index is 2.14.